The summed E-state index contributed by atoms with van der Waals surface area (Å²) in [5.74, 6) is -0.0758. The Labute approximate surface area is 124 Å². The van der Waals surface area contributed by atoms with Gasteiger partial charge >= 0.3 is 0 Å². The van der Waals surface area contributed by atoms with E-state index in [-0.39, 0.29) is 24.3 Å². The third-order valence-electron chi connectivity index (χ3n) is 3.87. The van der Waals surface area contributed by atoms with Crippen LogP contribution >= 0.6 is 11.6 Å². The Morgan fingerprint density at radius 3 is 2.95 bits per heavy atom. The Hall–Kier alpha value is -1.13. The molecule has 1 saturated heterocycles. The van der Waals surface area contributed by atoms with Gasteiger partial charge in [0.25, 0.3) is 0 Å². The lowest BCUT2D eigenvalue weighted by Crippen LogP contribution is -2.51. The number of benzene rings is 1. The number of carbonyl (C=O) groups excluding carboxylic acids is 1. The molecule has 0 saturated carbocycles. The van der Waals surface area contributed by atoms with Crippen molar-refractivity contribution in [2.75, 3.05) is 13.6 Å². The maximum atomic E-state index is 13.8. The molecule has 0 bridgehead atoms. The quantitative estimate of drug-likeness (QED) is 0.930. The van der Waals surface area contributed by atoms with Crippen LogP contribution in [0.5, 0.6) is 0 Å². The molecule has 1 amide bonds. The van der Waals surface area contributed by atoms with Crippen LogP contribution in [0.1, 0.15) is 25.3 Å². The van der Waals surface area contributed by atoms with Crippen molar-refractivity contribution in [1.82, 2.24) is 10.2 Å². The van der Waals surface area contributed by atoms with E-state index in [1.54, 1.807) is 24.1 Å². The van der Waals surface area contributed by atoms with Crippen LogP contribution in [0.15, 0.2) is 18.2 Å². The predicted molar refractivity (Wildman–Crippen MR) is 78.1 cm³/mol. The summed E-state index contributed by atoms with van der Waals surface area (Å²) < 4.78 is 13.8. The molecule has 3 nitrogen and oxygen atoms in total. The lowest BCUT2D eigenvalue weighted by molar-refractivity contribution is -0.134. The number of hydrogen-bond donors (Lipinski definition) is 1. The van der Waals surface area contributed by atoms with Crippen molar-refractivity contribution in [3.8, 4) is 0 Å². The first kappa shape index (κ1) is 15.3. The SMILES string of the molecule is CC1CCCNC1C(=O)N(C)Cc1c(F)cccc1Cl. The highest BCUT2D eigenvalue weighted by atomic mass is 35.5. The fourth-order valence-corrected chi connectivity index (χ4v) is 2.84. The van der Waals surface area contributed by atoms with Gasteiger partial charge in [-0.1, -0.05) is 24.6 Å². The van der Waals surface area contributed by atoms with Crippen molar-refractivity contribution in [2.24, 2.45) is 5.92 Å². The van der Waals surface area contributed by atoms with Crippen LogP contribution in [-0.2, 0) is 11.3 Å². The molecule has 2 unspecified atom stereocenters. The molecule has 2 rings (SSSR count). The van der Waals surface area contributed by atoms with E-state index < -0.39 is 0 Å². The fourth-order valence-electron chi connectivity index (χ4n) is 2.62. The second kappa shape index (κ2) is 6.55. The molecular weight excluding hydrogens is 279 g/mol. The molecule has 0 aromatic heterocycles. The number of nitrogens with one attached hydrogen (secondary N) is 1. The summed E-state index contributed by atoms with van der Waals surface area (Å²) in [6, 6.07) is 4.38. The Morgan fingerprint density at radius 2 is 2.30 bits per heavy atom. The van der Waals surface area contributed by atoms with Crippen LogP contribution in [-0.4, -0.2) is 30.4 Å². The Morgan fingerprint density at radius 1 is 1.55 bits per heavy atom. The number of hydrogen-bond acceptors (Lipinski definition) is 2. The molecule has 1 heterocycles. The maximum Gasteiger partial charge on any atom is 0.240 e. The number of nitrogens with zero attached hydrogens (tertiary/aromatic N) is 1. The third-order valence-corrected chi connectivity index (χ3v) is 4.22. The Kier molecular flexibility index (Phi) is 5.00. The fraction of sp³-hybridized carbons (Fsp3) is 0.533. The molecule has 20 heavy (non-hydrogen) atoms. The van der Waals surface area contributed by atoms with Gasteiger partial charge in [0.1, 0.15) is 5.82 Å². The average Bonchev–Trinajstić information content (AvgIpc) is 2.42. The minimum atomic E-state index is -0.373. The highest BCUT2D eigenvalue weighted by Gasteiger charge is 2.30. The second-order valence-electron chi connectivity index (χ2n) is 5.45. The molecule has 1 aromatic rings. The first-order valence-corrected chi connectivity index (χ1v) is 7.29. The number of piperidine rings is 1. The molecule has 1 aliphatic rings. The molecule has 1 aromatic carbocycles. The van der Waals surface area contributed by atoms with Gasteiger partial charge in [-0.15, -0.1) is 0 Å². The van der Waals surface area contributed by atoms with Crippen molar-refractivity contribution in [3.63, 3.8) is 0 Å². The summed E-state index contributed by atoms with van der Waals surface area (Å²) in [5, 5.41) is 3.60. The van der Waals surface area contributed by atoms with Gasteiger partial charge in [-0.2, -0.15) is 0 Å². The topological polar surface area (TPSA) is 32.3 Å². The molecule has 0 spiro atoms. The maximum absolute atomic E-state index is 13.8. The number of likely N-dealkylation sites (N-methyl/N-ethyl adjacent to an activating group) is 1. The smallest absolute Gasteiger partial charge is 0.240 e. The molecule has 0 aliphatic carbocycles. The minimum absolute atomic E-state index is 0.00322. The van der Waals surface area contributed by atoms with Gasteiger partial charge in [-0.3, -0.25) is 4.79 Å². The van der Waals surface area contributed by atoms with Crippen LogP contribution in [0, 0.1) is 11.7 Å². The summed E-state index contributed by atoms with van der Waals surface area (Å²) in [6.07, 6.45) is 2.13. The molecule has 2 atom stereocenters. The normalized spacial score (nSPS) is 22.6. The Bertz CT molecular complexity index is 475. The van der Waals surface area contributed by atoms with Crippen LogP contribution in [0.4, 0.5) is 4.39 Å². The van der Waals surface area contributed by atoms with Crippen LogP contribution in [0.3, 0.4) is 0 Å². The standard InChI is InChI=1S/C15H20ClFN2O/c1-10-5-4-8-18-14(10)15(20)19(2)9-11-12(16)6-3-7-13(11)17/h3,6-7,10,14,18H,4-5,8-9H2,1-2H3. The molecule has 1 fully saturated rings. The summed E-state index contributed by atoms with van der Waals surface area (Å²) in [6.45, 7) is 3.11. The first-order valence-electron chi connectivity index (χ1n) is 6.92. The lowest BCUT2D eigenvalue weighted by atomic mass is 9.92. The van der Waals surface area contributed by atoms with Gasteiger partial charge in [-0.05, 0) is 37.4 Å². The average molecular weight is 299 g/mol. The summed E-state index contributed by atoms with van der Waals surface area (Å²) >= 11 is 6.00. The van der Waals surface area contributed by atoms with E-state index in [1.165, 1.54) is 6.07 Å². The Balaban J connectivity index is 2.07. The van der Waals surface area contributed by atoms with Gasteiger partial charge in [0.15, 0.2) is 0 Å². The van der Waals surface area contributed by atoms with Crippen LogP contribution in [0.25, 0.3) is 0 Å². The van der Waals surface area contributed by atoms with Gasteiger partial charge in [0.05, 0.1) is 6.04 Å². The van der Waals surface area contributed by atoms with Gasteiger partial charge in [0, 0.05) is 24.2 Å². The second-order valence-corrected chi connectivity index (χ2v) is 5.85. The minimum Gasteiger partial charge on any atom is -0.340 e. The molecular formula is C15H20ClFN2O. The molecule has 5 heteroatoms. The largest absolute Gasteiger partial charge is 0.340 e. The number of rotatable bonds is 3. The number of amides is 1. The summed E-state index contributed by atoms with van der Waals surface area (Å²) in [4.78, 5) is 14.0. The van der Waals surface area contributed by atoms with Gasteiger partial charge in [0.2, 0.25) is 5.91 Å². The van der Waals surface area contributed by atoms with E-state index in [9.17, 15) is 9.18 Å². The van der Waals surface area contributed by atoms with E-state index in [4.69, 9.17) is 11.6 Å². The monoisotopic (exact) mass is 298 g/mol. The van der Waals surface area contributed by atoms with Crippen molar-refractivity contribution < 1.29 is 9.18 Å². The van der Waals surface area contributed by atoms with Crippen molar-refractivity contribution in [2.45, 2.75) is 32.4 Å². The van der Waals surface area contributed by atoms with Crippen LogP contribution < -0.4 is 5.32 Å². The molecule has 1 aliphatic heterocycles. The summed E-state index contributed by atoms with van der Waals surface area (Å²) in [7, 11) is 1.69. The van der Waals surface area contributed by atoms with E-state index in [1.807, 2.05) is 0 Å². The zero-order valence-corrected chi connectivity index (χ0v) is 12.6. The predicted octanol–water partition coefficient (Wildman–Crippen LogP) is 2.83. The number of carbonyl (C=O) groups is 1. The van der Waals surface area contributed by atoms with Gasteiger partial charge < -0.3 is 10.2 Å². The highest BCUT2D eigenvalue weighted by Crippen LogP contribution is 2.22. The van der Waals surface area contributed by atoms with E-state index >= 15 is 0 Å². The zero-order chi connectivity index (χ0) is 14.7. The van der Waals surface area contributed by atoms with Crippen LogP contribution in [0.2, 0.25) is 5.02 Å². The van der Waals surface area contributed by atoms with Crippen molar-refractivity contribution in [3.05, 3.63) is 34.6 Å². The first-order chi connectivity index (χ1) is 9.50. The lowest BCUT2D eigenvalue weighted by Gasteiger charge is -2.32. The number of halogens is 2. The van der Waals surface area contributed by atoms with Crippen molar-refractivity contribution >= 4 is 17.5 Å². The van der Waals surface area contributed by atoms with E-state index in [2.05, 4.69) is 12.2 Å². The highest BCUT2D eigenvalue weighted by molar-refractivity contribution is 6.31. The molecule has 1 N–H and O–H groups in total. The summed E-state index contributed by atoms with van der Waals surface area (Å²) in [5.41, 5.74) is 0.369. The van der Waals surface area contributed by atoms with Gasteiger partial charge in [-0.25, -0.2) is 4.39 Å². The molecule has 110 valence electrons. The zero-order valence-electron chi connectivity index (χ0n) is 11.8. The van der Waals surface area contributed by atoms with E-state index in [0.717, 1.165) is 19.4 Å². The van der Waals surface area contributed by atoms with E-state index in [0.29, 0.717) is 16.5 Å². The molecule has 0 radical (unpaired) electrons. The third kappa shape index (κ3) is 3.30. The van der Waals surface area contributed by atoms with Crippen molar-refractivity contribution in [1.29, 1.82) is 0 Å².